The number of hydrogen-bond donors (Lipinski definition) is 1. The van der Waals surface area contributed by atoms with Crippen molar-refractivity contribution in [2.24, 2.45) is 0 Å². The maximum Gasteiger partial charge on any atom is 0.248 e. The number of carbonyl (C=O) groups is 1. The molecule has 138 valence electrons. The molecule has 0 radical (unpaired) electrons. The van der Waals surface area contributed by atoms with Gasteiger partial charge in [-0.05, 0) is 43.7 Å². The Hall–Kier alpha value is -1.43. The molecule has 1 aromatic rings. The van der Waals surface area contributed by atoms with Gasteiger partial charge in [0.1, 0.15) is 6.10 Å². The first-order valence-corrected chi connectivity index (χ1v) is 9.52. The highest BCUT2D eigenvalue weighted by molar-refractivity contribution is 5.80. The Bertz CT molecular complexity index is 558. The molecule has 5 nitrogen and oxygen atoms in total. The van der Waals surface area contributed by atoms with Crippen molar-refractivity contribution in [1.29, 1.82) is 0 Å². The molecular weight excluding hydrogens is 316 g/mol. The summed E-state index contributed by atoms with van der Waals surface area (Å²) < 4.78 is 11.3. The van der Waals surface area contributed by atoms with Crippen molar-refractivity contribution in [3.05, 3.63) is 35.4 Å². The molecule has 0 aliphatic carbocycles. The van der Waals surface area contributed by atoms with Crippen LogP contribution in [0.5, 0.6) is 0 Å². The zero-order chi connectivity index (χ0) is 17.5. The highest BCUT2D eigenvalue weighted by Crippen LogP contribution is 2.17. The summed E-state index contributed by atoms with van der Waals surface area (Å²) in [5, 5.41) is 3.00. The van der Waals surface area contributed by atoms with Gasteiger partial charge in [0.2, 0.25) is 5.91 Å². The van der Waals surface area contributed by atoms with Crippen LogP contribution in [0.4, 0.5) is 0 Å². The van der Waals surface area contributed by atoms with Gasteiger partial charge in [0, 0.05) is 32.8 Å². The predicted molar refractivity (Wildman–Crippen MR) is 97.4 cm³/mol. The van der Waals surface area contributed by atoms with E-state index in [9.17, 15) is 4.79 Å². The fraction of sp³-hybridized carbons (Fsp3) is 0.650. The summed E-state index contributed by atoms with van der Waals surface area (Å²) in [5.74, 6) is -0.0341. The van der Waals surface area contributed by atoms with Crippen molar-refractivity contribution in [2.45, 2.75) is 51.4 Å². The third-order valence-electron chi connectivity index (χ3n) is 5.11. The van der Waals surface area contributed by atoms with E-state index in [1.54, 1.807) is 0 Å². The van der Waals surface area contributed by atoms with Crippen molar-refractivity contribution < 1.29 is 14.3 Å². The van der Waals surface area contributed by atoms with E-state index in [2.05, 4.69) is 34.5 Å². The highest BCUT2D eigenvalue weighted by atomic mass is 16.5. The van der Waals surface area contributed by atoms with Crippen molar-refractivity contribution in [3.63, 3.8) is 0 Å². The van der Waals surface area contributed by atoms with Crippen LogP contribution < -0.4 is 5.32 Å². The molecule has 2 aliphatic heterocycles. The third-order valence-corrected chi connectivity index (χ3v) is 5.11. The van der Waals surface area contributed by atoms with Crippen LogP contribution in [0.2, 0.25) is 0 Å². The van der Waals surface area contributed by atoms with Crippen molar-refractivity contribution in [1.82, 2.24) is 10.2 Å². The summed E-state index contributed by atoms with van der Waals surface area (Å²) in [6, 6.07) is 8.61. The number of nitrogens with zero attached hydrogens (tertiary/aromatic N) is 1. The van der Waals surface area contributed by atoms with Gasteiger partial charge >= 0.3 is 0 Å². The molecule has 0 saturated carbocycles. The quantitative estimate of drug-likeness (QED) is 0.822. The molecule has 2 atom stereocenters. The number of amides is 1. The molecule has 0 aromatic heterocycles. The minimum absolute atomic E-state index is 0.0341. The molecule has 2 aliphatic rings. The van der Waals surface area contributed by atoms with Crippen LogP contribution in [0, 0.1) is 0 Å². The summed E-state index contributed by atoms with van der Waals surface area (Å²) in [6.45, 7) is 6.70. The molecule has 0 bridgehead atoms. The number of ether oxygens (including phenoxy) is 2. The molecule has 1 fully saturated rings. The molecule has 1 aromatic carbocycles. The number of rotatable bonds is 7. The minimum atomic E-state index is -0.424. The lowest BCUT2D eigenvalue weighted by Gasteiger charge is -2.29. The van der Waals surface area contributed by atoms with Gasteiger partial charge in [0.15, 0.2) is 0 Å². The van der Waals surface area contributed by atoms with Crippen LogP contribution in [0.25, 0.3) is 0 Å². The lowest BCUT2D eigenvalue weighted by Crippen LogP contribution is -2.41. The maximum absolute atomic E-state index is 12.2. The van der Waals surface area contributed by atoms with Crippen molar-refractivity contribution in [3.8, 4) is 0 Å². The Morgan fingerprint density at radius 1 is 1.36 bits per heavy atom. The van der Waals surface area contributed by atoms with Gasteiger partial charge in [0.25, 0.3) is 0 Å². The Labute approximate surface area is 150 Å². The second-order valence-corrected chi connectivity index (χ2v) is 7.05. The summed E-state index contributed by atoms with van der Waals surface area (Å²) in [5.41, 5.74) is 2.86. The Balaban J connectivity index is 1.32. The van der Waals surface area contributed by atoms with Crippen LogP contribution >= 0.6 is 0 Å². The molecule has 0 spiro atoms. The fourth-order valence-corrected chi connectivity index (χ4v) is 3.49. The molecular formula is C20H30N2O3. The molecule has 25 heavy (non-hydrogen) atoms. The van der Waals surface area contributed by atoms with Crippen LogP contribution in [0.15, 0.2) is 24.3 Å². The standard InChI is InChI=1S/C20H30N2O3/c1-16(25-15-19-8-4-5-13-24-19)20(23)21-10-12-22-11-9-17-6-2-3-7-18(17)14-22/h2-3,6-7,16,19H,4-5,8-15H2,1H3,(H,21,23)/t16-,19+/m1/s1. The van der Waals surface area contributed by atoms with E-state index >= 15 is 0 Å². The van der Waals surface area contributed by atoms with E-state index < -0.39 is 6.10 Å². The van der Waals surface area contributed by atoms with Gasteiger partial charge in [-0.15, -0.1) is 0 Å². The molecule has 1 N–H and O–H groups in total. The van der Waals surface area contributed by atoms with Gasteiger partial charge in [-0.3, -0.25) is 9.69 Å². The predicted octanol–water partition coefficient (Wildman–Crippen LogP) is 2.14. The van der Waals surface area contributed by atoms with Gasteiger partial charge in [-0.1, -0.05) is 24.3 Å². The molecule has 3 rings (SSSR count). The largest absolute Gasteiger partial charge is 0.376 e. The van der Waals surface area contributed by atoms with Crippen molar-refractivity contribution in [2.75, 3.05) is 32.8 Å². The van der Waals surface area contributed by atoms with Crippen LogP contribution in [-0.2, 0) is 27.2 Å². The smallest absolute Gasteiger partial charge is 0.248 e. The normalized spacial score (nSPS) is 22.2. The molecule has 1 saturated heterocycles. The Morgan fingerprint density at radius 3 is 3.00 bits per heavy atom. The zero-order valence-electron chi connectivity index (χ0n) is 15.2. The van der Waals surface area contributed by atoms with Gasteiger partial charge < -0.3 is 14.8 Å². The average molecular weight is 346 g/mol. The van der Waals surface area contributed by atoms with E-state index in [-0.39, 0.29) is 12.0 Å². The number of benzene rings is 1. The highest BCUT2D eigenvalue weighted by Gasteiger charge is 2.19. The summed E-state index contributed by atoms with van der Waals surface area (Å²) in [6.07, 6.45) is 4.17. The Morgan fingerprint density at radius 2 is 2.20 bits per heavy atom. The molecule has 2 heterocycles. The van der Waals surface area contributed by atoms with Crippen LogP contribution in [0.1, 0.15) is 37.3 Å². The van der Waals surface area contributed by atoms with E-state index in [0.29, 0.717) is 13.2 Å². The first kappa shape index (κ1) is 18.4. The molecule has 1 amide bonds. The SMILES string of the molecule is C[C@@H](OC[C@@H]1CCCCO1)C(=O)NCCN1CCc2ccccc2C1. The van der Waals surface area contributed by atoms with Gasteiger partial charge in [-0.2, -0.15) is 0 Å². The van der Waals surface area contributed by atoms with E-state index in [0.717, 1.165) is 45.5 Å². The van der Waals surface area contributed by atoms with E-state index in [4.69, 9.17) is 9.47 Å². The summed E-state index contributed by atoms with van der Waals surface area (Å²) in [4.78, 5) is 14.6. The zero-order valence-corrected chi connectivity index (χ0v) is 15.2. The number of carbonyl (C=O) groups excluding carboxylic acids is 1. The number of fused-ring (bicyclic) bond motifs is 1. The Kier molecular flexibility index (Phi) is 6.84. The third kappa shape index (κ3) is 5.53. The van der Waals surface area contributed by atoms with Crippen molar-refractivity contribution >= 4 is 5.91 Å². The topological polar surface area (TPSA) is 50.8 Å². The average Bonchev–Trinajstić information content (AvgIpc) is 2.66. The fourth-order valence-electron chi connectivity index (χ4n) is 3.49. The summed E-state index contributed by atoms with van der Waals surface area (Å²) >= 11 is 0. The first-order valence-electron chi connectivity index (χ1n) is 9.52. The minimum Gasteiger partial charge on any atom is -0.376 e. The van der Waals surface area contributed by atoms with Crippen LogP contribution in [0.3, 0.4) is 0 Å². The van der Waals surface area contributed by atoms with Gasteiger partial charge in [0.05, 0.1) is 12.7 Å². The first-order chi connectivity index (χ1) is 12.2. The monoisotopic (exact) mass is 346 g/mol. The lowest BCUT2D eigenvalue weighted by molar-refractivity contribution is -0.135. The second kappa shape index (κ2) is 9.32. The molecule has 5 heteroatoms. The second-order valence-electron chi connectivity index (χ2n) is 7.05. The maximum atomic E-state index is 12.2. The van der Waals surface area contributed by atoms with E-state index in [1.807, 2.05) is 6.92 Å². The lowest BCUT2D eigenvalue weighted by atomic mass is 10.00. The van der Waals surface area contributed by atoms with Gasteiger partial charge in [-0.25, -0.2) is 0 Å². The number of hydrogen-bond acceptors (Lipinski definition) is 4. The van der Waals surface area contributed by atoms with E-state index in [1.165, 1.54) is 17.5 Å². The van der Waals surface area contributed by atoms with Crippen LogP contribution in [-0.4, -0.2) is 55.9 Å². The molecule has 0 unspecified atom stereocenters. The summed E-state index contributed by atoms with van der Waals surface area (Å²) in [7, 11) is 0. The number of nitrogens with one attached hydrogen (secondary N) is 1.